The predicted molar refractivity (Wildman–Crippen MR) is 84.3 cm³/mol. The number of benzene rings is 1. The minimum Gasteiger partial charge on any atom is -0.396 e. The fourth-order valence-corrected chi connectivity index (χ4v) is 5.78. The molecular weight excluding hydrogens is 319 g/mol. The third-order valence-electron chi connectivity index (χ3n) is 2.95. The zero-order valence-corrected chi connectivity index (χ0v) is 13.5. The number of hydrogen-bond acceptors (Lipinski definition) is 5. The van der Waals surface area contributed by atoms with Crippen LogP contribution in [-0.2, 0) is 10.0 Å². The molecule has 0 radical (unpaired) electrons. The third-order valence-corrected chi connectivity index (χ3v) is 7.20. The topological polar surface area (TPSA) is 72.2 Å². The lowest BCUT2D eigenvalue weighted by Crippen LogP contribution is -2.33. The number of hydrogen-bond donors (Lipinski definition) is 2. The van der Waals surface area contributed by atoms with Gasteiger partial charge in [0.25, 0.3) is 0 Å². The standard InChI is InChI=1S/C12H17FN2O2S3/c1-8-4-10(5-11(14)12(8)13)20(16,17)15-6-9-7-18-2-3-19-9/h4-5,9,15H,2-3,6-7,14H2,1H3. The van der Waals surface area contributed by atoms with Crippen molar-refractivity contribution in [1.82, 2.24) is 4.72 Å². The van der Waals surface area contributed by atoms with Crippen LogP contribution in [0.2, 0.25) is 0 Å². The van der Waals surface area contributed by atoms with Crippen LogP contribution in [0.5, 0.6) is 0 Å². The molecule has 1 fully saturated rings. The van der Waals surface area contributed by atoms with Crippen molar-refractivity contribution in [2.45, 2.75) is 17.1 Å². The van der Waals surface area contributed by atoms with Crippen LogP contribution < -0.4 is 10.5 Å². The lowest BCUT2D eigenvalue weighted by atomic mass is 10.2. The monoisotopic (exact) mass is 336 g/mol. The summed E-state index contributed by atoms with van der Waals surface area (Å²) in [5.74, 6) is 2.53. The van der Waals surface area contributed by atoms with Crippen molar-refractivity contribution in [3.63, 3.8) is 0 Å². The third kappa shape index (κ3) is 3.81. The zero-order valence-electron chi connectivity index (χ0n) is 11.1. The first-order valence-corrected chi connectivity index (χ1v) is 9.83. The van der Waals surface area contributed by atoms with Crippen LogP contribution in [0.4, 0.5) is 10.1 Å². The van der Waals surface area contributed by atoms with Crippen LogP contribution in [0, 0.1) is 12.7 Å². The van der Waals surface area contributed by atoms with Crippen molar-refractivity contribution in [2.75, 3.05) is 29.5 Å². The van der Waals surface area contributed by atoms with E-state index in [1.807, 2.05) is 11.8 Å². The summed E-state index contributed by atoms with van der Waals surface area (Å²) in [7, 11) is -3.64. The summed E-state index contributed by atoms with van der Waals surface area (Å²) in [6.07, 6.45) is 0. The van der Waals surface area contributed by atoms with Gasteiger partial charge in [-0.1, -0.05) is 0 Å². The Morgan fingerprint density at radius 3 is 2.80 bits per heavy atom. The molecule has 1 atom stereocenters. The molecular formula is C12H17FN2O2S3. The molecule has 1 aromatic carbocycles. The maximum atomic E-state index is 13.4. The van der Waals surface area contributed by atoms with E-state index in [1.54, 1.807) is 11.8 Å². The maximum absolute atomic E-state index is 13.4. The Labute approximate surface area is 127 Å². The Morgan fingerprint density at radius 2 is 2.20 bits per heavy atom. The van der Waals surface area contributed by atoms with Gasteiger partial charge in [0, 0.05) is 29.1 Å². The SMILES string of the molecule is Cc1cc(S(=O)(=O)NCC2CSCCS2)cc(N)c1F. The fraction of sp³-hybridized carbons (Fsp3) is 0.500. The number of sulfonamides is 1. The van der Waals surface area contributed by atoms with Gasteiger partial charge in [0.1, 0.15) is 5.82 Å². The molecule has 0 amide bonds. The number of rotatable bonds is 4. The molecule has 20 heavy (non-hydrogen) atoms. The minimum atomic E-state index is -3.64. The Kier molecular flexibility index (Phi) is 5.22. The molecule has 0 bridgehead atoms. The van der Waals surface area contributed by atoms with Crippen molar-refractivity contribution in [3.05, 3.63) is 23.5 Å². The molecule has 0 saturated carbocycles. The molecule has 0 aromatic heterocycles. The quantitative estimate of drug-likeness (QED) is 0.821. The van der Waals surface area contributed by atoms with E-state index < -0.39 is 15.8 Å². The summed E-state index contributed by atoms with van der Waals surface area (Å²) in [6.45, 7) is 1.88. The van der Waals surface area contributed by atoms with Crippen LogP contribution in [-0.4, -0.2) is 37.5 Å². The van der Waals surface area contributed by atoms with Crippen LogP contribution in [0.1, 0.15) is 5.56 Å². The number of nitrogens with two attached hydrogens (primary N) is 1. The molecule has 0 spiro atoms. The van der Waals surface area contributed by atoms with Gasteiger partial charge in [-0.2, -0.15) is 23.5 Å². The summed E-state index contributed by atoms with van der Waals surface area (Å²) in [5, 5.41) is 0.280. The first kappa shape index (κ1) is 15.9. The second-order valence-corrected chi connectivity index (χ2v) is 8.89. The Balaban J connectivity index is 2.10. The number of halogens is 1. The first-order valence-electron chi connectivity index (χ1n) is 6.15. The van der Waals surface area contributed by atoms with E-state index in [0.717, 1.165) is 23.3 Å². The molecule has 8 heteroatoms. The van der Waals surface area contributed by atoms with Gasteiger partial charge in [-0.3, -0.25) is 0 Å². The van der Waals surface area contributed by atoms with Crippen LogP contribution in [0.25, 0.3) is 0 Å². The molecule has 2 rings (SSSR count). The number of nitrogen functional groups attached to an aromatic ring is 1. The van der Waals surface area contributed by atoms with E-state index >= 15 is 0 Å². The van der Waals surface area contributed by atoms with Gasteiger partial charge >= 0.3 is 0 Å². The highest BCUT2D eigenvalue weighted by Gasteiger charge is 2.21. The van der Waals surface area contributed by atoms with Crippen LogP contribution in [0.3, 0.4) is 0 Å². The van der Waals surface area contributed by atoms with Gasteiger partial charge in [-0.25, -0.2) is 17.5 Å². The molecule has 4 nitrogen and oxygen atoms in total. The first-order chi connectivity index (χ1) is 9.40. The van der Waals surface area contributed by atoms with Gasteiger partial charge in [0.15, 0.2) is 0 Å². The second-order valence-electron chi connectivity index (χ2n) is 4.56. The molecule has 1 aliphatic heterocycles. The lowest BCUT2D eigenvalue weighted by Gasteiger charge is -2.21. The Morgan fingerprint density at radius 1 is 1.45 bits per heavy atom. The molecule has 0 aliphatic carbocycles. The van der Waals surface area contributed by atoms with Crippen LogP contribution in [0.15, 0.2) is 17.0 Å². The molecule has 1 unspecified atom stereocenters. The Hall–Kier alpha value is -0.440. The molecule has 1 heterocycles. The van der Waals surface area contributed by atoms with Gasteiger partial charge in [-0.15, -0.1) is 0 Å². The fourth-order valence-electron chi connectivity index (χ4n) is 1.86. The summed E-state index contributed by atoms with van der Waals surface area (Å²) in [5.41, 5.74) is 5.57. The van der Waals surface area contributed by atoms with Crippen molar-refractivity contribution in [3.8, 4) is 0 Å². The van der Waals surface area contributed by atoms with Crippen molar-refractivity contribution in [1.29, 1.82) is 0 Å². The normalized spacial score (nSPS) is 20.0. The number of anilines is 1. The number of aryl methyl sites for hydroxylation is 1. The van der Waals surface area contributed by atoms with Gasteiger partial charge in [0.05, 0.1) is 10.6 Å². The molecule has 1 saturated heterocycles. The van der Waals surface area contributed by atoms with Crippen molar-refractivity contribution in [2.24, 2.45) is 0 Å². The van der Waals surface area contributed by atoms with Crippen molar-refractivity contribution >= 4 is 39.2 Å². The second kappa shape index (κ2) is 6.55. The highest BCUT2D eigenvalue weighted by atomic mass is 32.2. The van der Waals surface area contributed by atoms with Crippen molar-refractivity contribution < 1.29 is 12.8 Å². The van der Waals surface area contributed by atoms with E-state index in [-0.39, 0.29) is 21.4 Å². The van der Waals surface area contributed by atoms with Gasteiger partial charge in [-0.05, 0) is 24.6 Å². The zero-order chi connectivity index (χ0) is 14.8. The van der Waals surface area contributed by atoms with E-state index in [1.165, 1.54) is 13.0 Å². The highest BCUT2D eigenvalue weighted by Crippen LogP contribution is 2.24. The summed E-state index contributed by atoms with van der Waals surface area (Å²) in [4.78, 5) is 0.0161. The number of nitrogens with one attached hydrogen (secondary N) is 1. The largest absolute Gasteiger partial charge is 0.396 e. The molecule has 1 aliphatic rings. The lowest BCUT2D eigenvalue weighted by molar-refractivity contribution is 0.580. The molecule has 1 aromatic rings. The van der Waals surface area contributed by atoms with Gasteiger partial charge < -0.3 is 5.73 Å². The maximum Gasteiger partial charge on any atom is 0.240 e. The summed E-state index contributed by atoms with van der Waals surface area (Å²) < 4.78 is 40.4. The summed E-state index contributed by atoms with van der Waals surface area (Å²) in [6, 6.07) is 2.46. The van der Waals surface area contributed by atoms with E-state index in [9.17, 15) is 12.8 Å². The molecule has 3 N–H and O–H groups in total. The molecule has 112 valence electrons. The van der Waals surface area contributed by atoms with E-state index in [0.29, 0.717) is 6.54 Å². The van der Waals surface area contributed by atoms with E-state index in [2.05, 4.69) is 4.72 Å². The van der Waals surface area contributed by atoms with E-state index in [4.69, 9.17) is 5.73 Å². The Bertz CT molecular complexity index is 563. The smallest absolute Gasteiger partial charge is 0.240 e. The summed E-state index contributed by atoms with van der Waals surface area (Å²) >= 11 is 3.61. The van der Waals surface area contributed by atoms with Gasteiger partial charge in [0.2, 0.25) is 10.0 Å². The highest BCUT2D eigenvalue weighted by molar-refractivity contribution is 8.06. The minimum absolute atomic E-state index is 0.0161. The number of thioether (sulfide) groups is 2. The average molecular weight is 336 g/mol. The van der Waals surface area contributed by atoms with Crippen LogP contribution >= 0.6 is 23.5 Å². The predicted octanol–water partition coefficient (Wildman–Crippen LogP) is 1.84. The average Bonchev–Trinajstić information content (AvgIpc) is 2.43.